The Morgan fingerprint density at radius 1 is 0.946 bits per heavy atom. The van der Waals surface area contributed by atoms with Gasteiger partial charge >= 0.3 is 0 Å². The van der Waals surface area contributed by atoms with E-state index >= 15 is 0 Å². The number of carbonyl (C=O) groups excluding carboxylic acids is 2. The largest absolute Gasteiger partial charge is 0.486 e. The van der Waals surface area contributed by atoms with Crippen LogP contribution in [-0.4, -0.2) is 60.6 Å². The molecule has 1 amide bonds. The van der Waals surface area contributed by atoms with Crippen LogP contribution in [0, 0.1) is 0 Å². The van der Waals surface area contributed by atoms with Gasteiger partial charge in [0.25, 0.3) is 0 Å². The lowest BCUT2D eigenvalue weighted by molar-refractivity contribution is -0.123. The minimum absolute atomic E-state index is 0.0673. The van der Waals surface area contributed by atoms with Crippen LogP contribution in [0.4, 0.5) is 0 Å². The van der Waals surface area contributed by atoms with Crippen LogP contribution in [0.25, 0.3) is 0 Å². The average Bonchev–Trinajstić information content (AvgIpc) is 3.45. The molecule has 2 aliphatic rings. The maximum atomic E-state index is 12.8. The zero-order valence-electron chi connectivity index (χ0n) is 21.9. The Labute approximate surface area is 220 Å². The van der Waals surface area contributed by atoms with Crippen molar-refractivity contribution in [2.45, 2.75) is 70.4 Å². The number of Topliss-reactive ketones (excluding diaryl/α,β-unsaturated/α-hetero) is 1. The standard InChI is InChI=1S/C30H40N2O5/c1-2-22-10-12-23(13-11-22)26(33)8-4-3-5-9-29(34)31-25(21-32-16-6-7-17-32)30(35)24-14-15-27-28(20-24)37-19-18-36-27/h10-15,20,25,30,35H,2-9,16-19,21H2,1H3,(H,31,34)/t25-,30-/m1/s1. The minimum Gasteiger partial charge on any atom is -0.486 e. The lowest BCUT2D eigenvalue weighted by atomic mass is 10.00. The number of carbonyl (C=O) groups is 2. The van der Waals surface area contributed by atoms with Crippen LogP contribution in [0.15, 0.2) is 42.5 Å². The van der Waals surface area contributed by atoms with E-state index in [2.05, 4.69) is 17.1 Å². The summed E-state index contributed by atoms with van der Waals surface area (Å²) in [6.07, 6.45) is 5.55. The fraction of sp³-hybridized carbons (Fsp3) is 0.533. The van der Waals surface area contributed by atoms with Gasteiger partial charge in [0.2, 0.25) is 5.91 Å². The number of ketones is 1. The fourth-order valence-electron chi connectivity index (χ4n) is 5.04. The van der Waals surface area contributed by atoms with Gasteiger partial charge in [0.1, 0.15) is 19.3 Å². The molecule has 2 N–H and O–H groups in total. The fourth-order valence-corrected chi connectivity index (χ4v) is 5.04. The molecule has 0 aromatic heterocycles. The van der Waals surface area contributed by atoms with Crippen molar-refractivity contribution in [2.24, 2.45) is 0 Å². The molecule has 200 valence electrons. The van der Waals surface area contributed by atoms with E-state index in [1.165, 1.54) is 5.56 Å². The smallest absolute Gasteiger partial charge is 0.220 e. The third-order valence-electron chi connectivity index (χ3n) is 7.28. The molecule has 2 aromatic rings. The Bertz CT molecular complexity index is 1030. The molecule has 7 nitrogen and oxygen atoms in total. The average molecular weight is 509 g/mol. The van der Waals surface area contributed by atoms with Gasteiger partial charge in [-0.25, -0.2) is 0 Å². The van der Waals surface area contributed by atoms with E-state index in [9.17, 15) is 14.7 Å². The molecule has 0 bridgehead atoms. The number of benzene rings is 2. The van der Waals surface area contributed by atoms with Crippen molar-refractivity contribution in [3.8, 4) is 11.5 Å². The van der Waals surface area contributed by atoms with Gasteiger partial charge in [-0.1, -0.05) is 43.7 Å². The van der Waals surface area contributed by atoms with Gasteiger partial charge < -0.3 is 24.8 Å². The number of nitrogens with zero attached hydrogens (tertiary/aromatic N) is 1. The van der Waals surface area contributed by atoms with Crippen LogP contribution in [-0.2, 0) is 11.2 Å². The van der Waals surface area contributed by atoms with Gasteiger partial charge in [-0.15, -0.1) is 0 Å². The quantitative estimate of drug-likeness (QED) is 0.307. The molecular formula is C30H40N2O5. The van der Waals surface area contributed by atoms with Gasteiger partial charge in [0.05, 0.1) is 6.04 Å². The van der Waals surface area contributed by atoms with Gasteiger partial charge in [-0.2, -0.15) is 0 Å². The number of unbranched alkanes of at least 4 members (excludes halogenated alkanes) is 2. The molecule has 0 unspecified atom stereocenters. The van der Waals surface area contributed by atoms with Crippen molar-refractivity contribution < 1.29 is 24.2 Å². The SMILES string of the molecule is CCc1ccc(C(=O)CCCCCC(=O)N[C@H](CN2CCCC2)[C@H](O)c2ccc3c(c2)OCCO3)cc1. The molecule has 1 fully saturated rings. The number of nitrogens with one attached hydrogen (secondary N) is 1. The maximum Gasteiger partial charge on any atom is 0.220 e. The van der Waals surface area contributed by atoms with Crippen LogP contribution >= 0.6 is 0 Å². The lowest BCUT2D eigenvalue weighted by Gasteiger charge is -2.29. The van der Waals surface area contributed by atoms with Crippen LogP contribution in [0.5, 0.6) is 11.5 Å². The molecule has 1 saturated heterocycles. The maximum absolute atomic E-state index is 12.8. The lowest BCUT2D eigenvalue weighted by Crippen LogP contribution is -2.46. The number of ether oxygens (including phenoxy) is 2. The van der Waals surface area contributed by atoms with Gasteiger partial charge in [-0.05, 0) is 68.5 Å². The number of hydrogen-bond acceptors (Lipinski definition) is 6. The third kappa shape index (κ3) is 7.79. The summed E-state index contributed by atoms with van der Waals surface area (Å²) in [7, 11) is 0. The zero-order chi connectivity index (χ0) is 26.0. The summed E-state index contributed by atoms with van der Waals surface area (Å²) in [6, 6.07) is 12.9. The van der Waals surface area contributed by atoms with Gasteiger partial charge in [-0.3, -0.25) is 9.59 Å². The number of amides is 1. The van der Waals surface area contributed by atoms with E-state index < -0.39 is 12.1 Å². The first-order valence-corrected chi connectivity index (χ1v) is 13.7. The molecule has 2 aliphatic heterocycles. The second kappa shape index (κ2) is 13.6. The minimum atomic E-state index is -0.850. The number of aryl methyl sites for hydroxylation is 1. The Hall–Kier alpha value is -2.90. The summed E-state index contributed by atoms with van der Waals surface area (Å²) in [6.45, 7) is 5.66. The summed E-state index contributed by atoms with van der Waals surface area (Å²) in [5.41, 5.74) is 2.69. The van der Waals surface area contributed by atoms with E-state index in [0.717, 1.165) is 50.8 Å². The molecule has 0 saturated carbocycles. The van der Waals surface area contributed by atoms with E-state index in [-0.39, 0.29) is 11.7 Å². The first kappa shape index (κ1) is 27.1. The molecule has 2 atom stereocenters. The molecular weight excluding hydrogens is 468 g/mol. The molecule has 4 rings (SSSR count). The van der Waals surface area contributed by atoms with Crippen molar-refractivity contribution in [1.82, 2.24) is 10.2 Å². The normalized spacial score (nSPS) is 16.8. The summed E-state index contributed by atoms with van der Waals surface area (Å²) >= 11 is 0. The second-order valence-electron chi connectivity index (χ2n) is 10.1. The monoisotopic (exact) mass is 508 g/mol. The highest BCUT2D eigenvalue weighted by Crippen LogP contribution is 2.33. The van der Waals surface area contributed by atoms with Crippen molar-refractivity contribution in [3.63, 3.8) is 0 Å². The number of aliphatic hydroxyl groups is 1. The van der Waals surface area contributed by atoms with Crippen molar-refractivity contribution in [2.75, 3.05) is 32.8 Å². The Morgan fingerprint density at radius 2 is 1.65 bits per heavy atom. The van der Waals surface area contributed by atoms with E-state index in [4.69, 9.17) is 9.47 Å². The first-order chi connectivity index (χ1) is 18.0. The molecule has 0 spiro atoms. The predicted molar refractivity (Wildman–Crippen MR) is 143 cm³/mol. The van der Waals surface area contributed by atoms with Gasteiger partial charge in [0.15, 0.2) is 17.3 Å². The first-order valence-electron chi connectivity index (χ1n) is 13.7. The Balaban J connectivity index is 1.26. The number of hydrogen-bond donors (Lipinski definition) is 2. The second-order valence-corrected chi connectivity index (χ2v) is 10.1. The molecule has 7 heteroatoms. The summed E-state index contributed by atoms with van der Waals surface area (Å²) in [4.78, 5) is 27.5. The summed E-state index contributed by atoms with van der Waals surface area (Å²) in [5, 5.41) is 14.3. The molecule has 37 heavy (non-hydrogen) atoms. The van der Waals surface area contributed by atoms with E-state index in [1.807, 2.05) is 42.5 Å². The van der Waals surface area contributed by atoms with Crippen LogP contribution < -0.4 is 14.8 Å². The topological polar surface area (TPSA) is 88.1 Å². The Morgan fingerprint density at radius 3 is 2.38 bits per heavy atom. The number of likely N-dealkylation sites (tertiary alicyclic amines) is 1. The van der Waals surface area contributed by atoms with Crippen molar-refractivity contribution in [1.29, 1.82) is 0 Å². The third-order valence-corrected chi connectivity index (χ3v) is 7.28. The van der Waals surface area contributed by atoms with E-state index in [1.54, 1.807) is 0 Å². The van der Waals surface area contributed by atoms with Crippen LogP contribution in [0.1, 0.15) is 79.5 Å². The predicted octanol–water partition coefficient (Wildman–Crippen LogP) is 4.47. The number of aliphatic hydroxyl groups excluding tert-OH is 1. The molecule has 0 aliphatic carbocycles. The van der Waals surface area contributed by atoms with E-state index in [0.29, 0.717) is 56.1 Å². The highest BCUT2D eigenvalue weighted by atomic mass is 16.6. The van der Waals surface area contributed by atoms with Crippen LogP contribution in [0.2, 0.25) is 0 Å². The Kier molecular flexibility index (Phi) is 9.97. The number of rotatable bonds is 13. The molecule has 2 aromatic carbocycles. The molecule has 2 heterocycles. The molecule has 0 radical (unpaired) electrons. The summed E-state index contributed by atoms with van der Waals surface area (Å²) in [5.74, 6) is 1.39. The van der Waals surface area contributed by atoms with Crippen molar-refractivity contribution in [3.05, 3.63) is 59.2 Å². The number of fused-ring (bicyclic) bond motifs is 1. The highest BCUT2D eigenvalue weighted by molar-refractivity contribution is 5.96. The van der Waals surface area contributed by atoms with Crippen LogP contribution in [0.3, 0.4) is 0 Å². The van der Waals surface area contributed by atoms with Crippen molar-refractivity contribution >= 4 is 11.7 Å². The van der Waals surface area contributed by atoms with Gasteiger partial charge in [0, 0.05) is 24.9 Å². The highest BCUT2D eigenvalue weighted by Gasteiger charge is 2.27. The zero-order valence-corrected chi connectivity index (χ0v) is 21.9. The summed E-state index contributed by atoms with van der Waals surface area (Å²) < 4.78 is 11.3.